The van der Waals surface area contributed by atoms with Crippen LogP contribution >= 0.6 is 0 Å². The Labute approximate surface area is 76.4 Å². The molecule has 0 atom stereocenters. The molecule has 0 aliphatic heterocycles. The highest BCUT2D eigenvalue weighted by molar-refractivity contribution is 5.82. The molecular weight excluding hydrogens is 172 g/mol. The van der Waals surface area contributed by atoms with Crippen LogP contribution in [0.25, 0.3) is 0 Å². The maximum Gasteiger partial charge on any atom is 0.213 e. The molecule has 0 heterocycles. The Bertz CT molecular complexity index is 209. The minimum Gasteiger partial charge on any atom is -0.324 e. The SMILES string of the molecule is NCC(=O)C1CCC([N+](=O)[O-])CC1. The van der Waals surface area contributed by atoms with Gasteiger partial charge in [-0.25, -0.2) is 0 Å². The summed E-state index contributed by atoms with van der Waals surface area (Å²) in [4.78, 5) is 21.3. The predicted molar refractivity (Wildman–Crippen MR) is 46.8 cm³/mol. The molecule has 74 valence electrons. The largest absolute Gasteiger partial charge is 0.324 e. The Morgan fingerprint density at radius 1 is 1.38 bits per heavy atom. The third kappa shape index (κ3) is 2.48. The van der Waals surface area contributed by atoms with E-state index < -0.39 is 6.04 Å². The number of rotatable bonds is 3. The Kier molecular flexibility index (Phi) is 3.36. The minimum absolute atomic E-state index is 0.0267. The fraction of sp³-hybridized carbons (Fsp3) is 0.875. The summed E-state index contributed by atoms with van der Waals surface area (Å²) in [6.07, 6.45) is 2.29. The molecule has 5 nitrogen and oxygen atoms in total. The molecule has 0 spiro atoms. The van der Waals surface area contributed by atoms with Crippen molar-refractivity contribution in [3.63, 3.8) is 0 Å². The topological polar surface area (TPSA) is 86.2 Å². The fourth-order valence-corrected chi connectivity index (χ4v) is 1.78. The van der Waals surface area contributed by atoms with Crippen LogP contribution in [0.5, 0.6) is 0 Å². The van der Waals surface area contributed by atoms with Crippen molar-refractivity contribution in [2.45, 2.75) is 31.7 Å². The highest BCUT2D eigenvalue weighted by Crippen LogP contribution is 2.26. The van der Waals surface area contributed by atoms with Crippen molar-refractivity contribution in [3.8, 4) is 0 Å². The van der Waals surface area contributed by atoms with Crippen LogP contribution in [-0.2, 0) is 4.79 Å². The summed E-state index contributed by atoms with van der Waals surface area (Å²) in [5, 5.41) is 10.4. The first-order valence-electron chi connectivity index (χ1n) is 4.51. The first kappa shape index (κ1) is 10.1. The van der Waals surface area contributed by atoms with Gasteiger partial charge < -0.3 is 5.73 Å². The van der Waals surface area contributed by atoms with Crippen LogP contribution in [0.4, 0.5) is 0 Å². The first-order chi connectivity index (χ1) is 6.15. The van der Waals surface area contributed by atoms with E-state index in [1.54, 1.807) is 0 Å². The molecule has 0 aromatic rings. The van der Waals surface area contributed by atoms with E-state index in [1.807, 2.05) is 0 Å². The van der Waals surface area contributed by atoms with E-state index in [4.69, 9.17) is 5.73 Å². The Morgan fingerprint density at radius 3 is 2.31 bits per heavy atom. The number of nitro groups is 1. The number of Topliss-reactive ketones (excluding diaryl/α,β-unsaturated/α-hetero) is 1. The van der Waals surface area contributed by atoms with Gasteiger partial charge in [-0.05, 0) is 12.8 Å². The third-order valence-corrected chi connectivity index (χ3v) is 2.65. The maximum absolute atomic E-state index is 11.1. The Balaban J connectivity index is 2.39. The van der Waals surface area contributed by atoms with Gasteiger partial charge in [0.1, 0.15) is 5.78 Å². The van der Waals surface area contributed by atoms with Gasteiger partial charge in [0.15, 0.2) is 0 Å². The lowest BCUT2D eigenvalue weighted by Gasteiger charge is -2.22. The normalized spacial score (nSPS) is 28.4. The molecule has 0 aromatic heterocycles. The summed E-state index contributed by atoms with van der Waals surface area (Å²) >= 11 is 0. The summed E-state index contributed by atoms with van der Waals surface area (Å²) in [5.74, 6) is 0.0167. The van der Waals surface area contributed by atoms with Gasteiger partial charge in [0.25, 0.3) is 0 Å². The van der Waals surface area contributed by atoms with Crippen LogP contribution < -0.4 is 5.73 Å². The van der Waals surface area contributed by atoms with Crippen molar-refractivity contribution in [2.24, 2.45) is 11.7 Å². The quantitative estimate of drug-likeness (QED) is 0.509. The number of ketones is 1. The average Bonchev–Trinajstić information content (AvgIpc) is 2.17. The monoisotopic (exact) mass is 186 g/mol. The van der Waals surface area contributed by atoms with Gasteiger partial charge in [-0.1, -0.05) is 0 Å². The predicted octanol–water partition coefficient (Wildman–Crippen LogP) is 0.350. The molecule has 0 bridgehead atoms. The molecule has 1 aliphatic rings. The zero-order valence-corrected chi connectivity index (χ0v) is 7.44. The smallest absolute Gasteiger partial charge is 0.213 e. The molecule has 13 heavy (non-hydrogen) atoms. The van der Waals surface area contributed by atoms with Crippen LogP contribution in [0.2, 0.25) is 0 Å². The summed E-state index contributed by atoms with van der Waals surface area (Å²) in [5.41, 5.74) is 5.21. The van der Waals surface area contributed by atoms with Gasteiger partial charge in [-0.2, -0.15) is 0 Å². The number of carbonyl (C=O) groups excluding carboxylic acids is 1. The molecule has 1 rings (SSSR count). The van der Waals surface area contributed by atoms with Crippen LogP contribution in [0, 0.1) is 16.0 Å². The standard InChI is InChI=1S/C8H14N2O3/c9-5-8(11)6-1-3-7(4-2-6)10(12)13/h6-7H,1-5,9H2. The van der Waals surface area contributed by atoms with Crippen molar-refractivity contribution in [1.29, 1.82) is 0 Å². The van der Waals surface area contributed by atoms with Crippen molar-refractivity contribution in [3.05, 3.63) is 10.1 Å². The molecule has 0 saturated heterocycles. The number of hydrogen-bond donors (Lipinski definition) is 1. The van der Waals surface area contributed by atoms with E-state index in [2.05, 4.69) is 0 Å². The Morgan fingerprint density at radius 2 is 1.92 bits per heavy atom. The van der Waals surface area contributed by atoms with Gasteiger partial charge in [-0.3, -0.25) is 14.9 Å². The summed E-state index contributed by atoms with van der Waals surface area (Å²) in [6, 6.07) is -0.443. The highest BCUT2D eigenvalue weighted by Gasteiger charge is 2.30. The van der Waals surface area contributed by atoms with Crippen molar-refractivity contribution >= 4 is 5.78 Å². The third-order valence-electron chi connectivity index (χ3n) is 2.65. The van der Waals surface area contributed by atoms with Crippen LogP contribution in [0.3, 0.4) is 0 Å². The molecule has 5 heteroatoms. The lowest BCUT2D eigenvalue weighted by atomic mass is 9.84. The second-order valence-corrected chi connectivity index (χ2v) is 3.46. The fourth-order valence-electron chi connectivity index (χ4n) is 1.78. The van der Waals surface area contributed by atoms with E-state index in [9.17, 15) is 14.9 Å². The van der Waals surface area contributed by atoms with Gasteiger partial charge in [-0.15, -0.1) is 0 Å². The second-order valence-electron chi connectivity index (χ2n) is 3.46. The van der Waals surface area contributed by atoms with Gasteiger partial charge in [0, 0.05) is 23.7 Å². The summed E-state index contributed by atoms with van der Waals surface area (Å²) in [7, 11) is 0. The zero-order chi connectivity index (χ0) is 9.84. The lowest BCUT2D eigenvalue weighted by Crippen LogP contribution is -2.32. The van der Waals surface area contributed by atoms with E-state index in [1.165, 1.54) is 0 Å². The molecule has 1 aliphatic carbocycles. The molecule has 0 amide bonds. The molecule has 2 N–H and O–H groups in total. The van der Waals surface area contributed by atoms with Crippen molar-refractivity contribution < 1.29 is 9.72 Å². The molecule has 0 radical (unpaired) electrons. The molecule has 1 fully saturated rings. The highest BCUT2D eigenvalue weighted by atomic mass is 16.6. The second kappa shape index (κ2) is 4.32. The molecule has 1 saturated carbocycles. The molecular formula is C8H14N2O3. The van der Waals surface area contributed by atoms with Gasteiger partial charge in [0.2, 0.25) is 6.04 Å². The van der Waals surface area contributed by atoms with E-state index in [0.717, 1.165) is 0 Å². The lowest BCUT2D eigenvalue weighted by molar-refractivity contribution is -0.526. The zero-order valence-electron chi connectivity index (χ0n) is 7.44. The number of carbonyl (C=O) groups is 1. The van der Waals surface area contributed by atoms with E-state index >= 15 is 0 Å². The van der Waals surface area contributed by atoms with Crippen LogP contribution in [0.15, 0.2) is 0 Å². The summed E-state index contributed by atoms with van der Waals surface area (Å²) < 4.78 is 0. The van der Waals surface area contributed by atoms with E-state index in [0.29, 0.717) is 25.7 Å². The molecule has 0 unspecified atom stereocenters. The van der Waals surface area contributed by atoms with Crippen LogP contribution in [0.1, 0.15) is 25.7 Å². The van der Waals surface area contributed by atoms with Gasteiger partial charge in [0.05, 0.1) is 6.54 Å². The number of hydrogen-bond acceptors (Lipinski definition) is 4. The minimum atomic E-state index is -0.443. The van der Waals surface area contributed by atoms with Gasteiger partial charge >= 0.3 is 0 Å². The van der Waals surface area contributed by atoms with Crippen molar-refractivity contribution in [2.75, 3.05) is 6.54 Å². The summed E-state index contributed by atoms with van der Waals surface area (Å²) in [6.45, 7) is 0.0633. The maximum atomic E-state index is 11.1. The van der Waals surface area contributed by atoms with E-state index in [-0.39, 0.29) is 23.2 Å². The number of nitrogens with two attached hydrogens (primary N) is 1. The molecule has 0 aromatic carbocycles. The average molecular weight is 186 g/mol. The number of nitrogens with zero attached hydrogens (tertiary/aromatic N) is 1. The van der Waals surface area contributed by atoms with Crippen LogP contribution in [-0.4, -0.2) is 23.3 Å². The van der Waals surface area contributed by atoms with Crippen molar-refractivity contribution in [1.82, 2.24) is 0 Å². The first-order valence-corrected chi connectivity index (χ1v) is 4.51. The Hall–Kier alpha value is -0.970.